The summed E-state index contributed by atoms with van der Waals surface area (Å²) in [5.74, 6) is 0.960. The van der Waals surface area contributed by atoms with E-state index < -0.39 is 0 Å². The van der Waals surface area contributed by atoms with Gasteiger partial charge in [-0.3, -0.25) is 0 Å². The number of ether oxygens (including phenoxy) is 1. The normalized spacial score (nSPS) is 11.0. The molecule has 5 aromatic rings. The summed E-state index contributed by atoms with van der Waals surface area (Å²) in [6.45, 7) is 0.234. The molecule has 31 heavy (non-hydrogen) atoms. The van der Waals surface area contributed by atoms with Gasteiger partial charge in [-0.1, -0.05) is 29.8 Å². The van der Waals surface area contributed by atoms with Gasteiger partial charge in [0.1, 0.15) is 24.5 Å². The van der Waals surface area contributed by atoms with Gasteiger partial charge in [0.15, 0.2) is 5.82 Å². The Morgan fingerprint density at radius 3 is 2.74 bits per heavy atom. The molecule has 0 atom stereocenters. The first-order chi connectivity index (χ1) is 15.2. The second-order valence-electron chi connectivity index (χ2n) is 6.71. The third kappa shape index (κ3) is 4.39. The van der Waals surface area contributed by atoms with Crippen molar-refractivity contribution < 1.29 is 9.13 Å². The molecule has 0 amide bonds. The summed E-state index contributed by atoms with van der Waals surface area (Å²) in [4.78, 5) is 11.2. The highest BCUT2D eigenvalue weighted by atomic mass is 35.5. The Labute approximate surface area is 191 Å². The highest BCUT2D eigenvalue weighted by molar-refractivity contribution is 7.26. The van der Waals surface area contributed by atoms with Crippen molar-refractivity contribution in [1.29, 1.82) is 0 Å². The number of aromatic nitrogens is 2. The van der Waals surface area contributed by atoms with Crippen LogP contribution in [0.15, 0.2) is 72.4 Å². The van der Waals surface area contributed by atoms with Crippen molar-refractivity contribution in [3.63, 3.8) is 0 Å². The van der Waals surface area contributed by atoms with E-state index in [1.807, 2.05) is 12.1 Å². The molecule has 1 N–H and O–H groups in total. The molecule has 0 aliphatic rings. The van der Waals surface area contributed by atoms with Crippen LogP contribution < -0.4 is 10.1 Å². The summed E-state index contributed by atoms with van der Waals surface area (Å²) >= 11 is 9.76. The Kier molecular flexibility index (Phi) is 5.55. The molecule has 0 fully saturated rings. The fourth-order valence-corrected chi connectivity index (χ4v) is 5.22. The molecule has 0 radical (unpaired) electrons. The highest BCUT2D eigenvalue weighted by Gasteiger charge is 2.12. The van der Waals surface area contributed by atoms with Gasteiger partial charge in [0.25, 0.3) is 0 Å². The first kappa shape index (κ1) is 19.9. The first-order valence-corrected chi connectivity index (χ1v) is 11.5. The standard InChI is InChI=1S/C23H15ClFN3OS2/c24-17-10-16(6-7-19(17)29-12-14-3-1-4-15(25)9-14)28-23-22-18(26-13-27-23)11-21(31-22)20-5-2-8-30-20/h1-11,13H,12H2,(H,26,27,28). The molecule has 0 unspecified atom stereocenters. The maximum atomic E-state index is 13.3. The van der Waals surface area contributed by atoms with Gasteiger partial charge in [0.05, 0.1) is 15.2 Å². The second kappa shape index (κ2) is 8.63. The minimum atomic E-state index is -0.293. The molecule has 3 heterocycles. The lowest BCUT2D eigenvalue weighted by Crippen LogP contribution is -1.98. The van der Waals surface area contributed by atoms with Crippen LogP contribution in [0.3, 0.4) is 0 Å². The third-order valence-corrected chi connectivity index (χ3v) is 7.05. The number of fused-ring (bicyclic) bond motifs is 1. The van der Waals surface area contributed by atoms with Crippen LogP contribution in [0.2, 0.25) is 5.02 Å². The van der Waals surface area contributed by atoms with Crippen LogP contribution >= 0.6 is 34.3 Å². The minimum Gasteiger partial charge on any atom is -0.487 e. The summed E-state index contributed by atoms with van der Waals surface area (Å²) < 4.78 is 20.1. The van der Waals surface area contributed by atoms with Crippen molar-refractivity contribution in [3.8, 4) is 15.5 Å². The lowest BCUT2D eigenvalue weighted by atomic mass is 10.2. The number of hydrogen-bond acceptors (Lipinski definition) is 6. The zero-order chi connectivity index (χ0) is 21.2. The maximum absolute atomic E-state index is 13.3. The van der Waals surface area contributed by atoms with Gasteiger partial charge in [-0.2, -0.15) is 0 Å². The molecule has 0 aliphatic heterocycles. The third-order valence-electron chi connectivity index (χ3n) is 4.55. The lowest BCUT2D eigenvalue weighted by molar-refractivity contribution is 0.306. The van der Waals surface area contributed by atoms with Gasteiger partial charge in [0, 0.05) is 15.4 Å². The van der Waals surface area contributed by atoms with Crippen LogP contribution in [-0.2, 0) is 6.61 Å². The number of halogens is 2. The fraction of sp³-hybridized carbons (Fsp3) is 0.0435. The van der Waals surface area contributed by atoms with E-state index in [0.29, 0.717) is 10.8 Å². The maximum Gasteiger partial charge on any atom is 0.151 e. The molecule has 8 heteroatoms. The molecule has 5 rings (SSSR count). The molecule has 0 aliphatic carbocycles. The molecule has 4 nitrogen and oxygen atoms in total. The average molecular weight is 468 g/mol. The van der Waals surface area contributed by atoms with Crippen LogP contribution in [0.5, 0.6) is 5.75 Å². The Hall–Kier alpha value is -3.00. The second-order valence-corrected chi connectivity index (χ2v) is 9.12. The summed E-state index contributed by atoms with van der Waals surface area (Å²) in [6, 6.07) is 17.9. The van der Waals surface area contributed by atoms with E-state index in [-0.39, 0.29) is 12.4 Å². The molecule has 0 saturated carbocycles. The monoisotopic (exact) mass is 467 g/mol. The Morgan fingerprint density at radius 2 is 1.94 bits per heavy atom. The minimum absolute atomic E-state index is 0.234. The fourth-order valence-electron chi connectivity index (χ4n) is 3.10. The summed E-state index contributed by atoms with van der Waals surface area (Å²) in [7, 11) is 0. The van der Waals surface area contributed by atoms with E-state index in [1.165, 1.54) is 17.0 Å². The van der Waals surface area contributed by atoms with Crippen molar-refractivity contribution in [2.45, 2.75) is 6.61 Å². The molecule has 3 aromatic heterocycles. The van der Waals surface area contributed by atoms with Crippen molar-refractivity contribution in [2.24, 2.45) is 0 Å². The van der Waals surface area contributed by atoms with Crippen LogP contribution in [0.1, 0.15) is 5.56 Å². The van der Waals surface area contributed by atoms with Gasteiger partial charge in [-0.05, 0) is 53.4 Å². The lowest BCUT2D eigenvalue weighted by Gasteiger charge is -2.11. The highest BCUT2D eigenvalue weighted by Crippen LogP contribution is 2.38. The number of hydrogen-bond donors (Lipinski definition) is 1. The van der Waals surface area contributed by atoms with Gasteiger partial charge in [-0.25, -0.2) is 14.4 Å². The van der Waals surface area contributed by atoms with E-state index in [2.05, 4.69) is 32.8 Å². The molecule has 0 bridgehead atoms. The SMILES string of the molecule is Fc1cccc(COc2ccc(Nc3ncnc4cc(-c5cccs5)sc34)cc2Cl)c1. The average Bonchev–Trinajstić information content (AvgIpc) is 3.43. The number of anilines is 2. The Morgan fingerprint density at radius 1 is 1.00 bits per heavy atom. The zero-order valence-electron chi connectivity index (χ0n) is 16.0. The van der Waals surface area contributed by atoms with Crippen molar-refractivity contribution in [2.75, 3.05) is 5.32 Å². The quantitative estimate of drug-likeness (QED) is 0.280. The van der Waals surface area contributed by atoms with Crippen molar-refractivity contribution in [1.82, 2.24) is 9.97 Å². The van der Waals surface area contributed by atoms with Crippen molar-refractivity contribution >= 4 is 56.0 Å². The van der Waals surface area contributed by atoms with E-state index in [4.69, 9.17) is 16.3 Å². The number of rotatable bonds is 6. The van der Waals surface area contributed by atoms with Crippen LogP contribution in [0.25, 0.3) is 20.0 Å². The molecule has 0 saturated heterocycles. The summed E-state index contributed by atoms with van der Waals surface area (Å²) in [6.07, 6.45) is 1.55. The summed E-state index contributed by atoms with van der Waals surface area (Å²) in [5, 5.41) is 5.84. The summed E-state index contributed by atoms with van der Waals surface area (Å²) in [5.41, 5.74) is 2.42. The van der Waals surface area contributed by atoms with Gasteiger partial charge in [-0.15, -0.1) is 22.7 Å². The molecule has 2 aromatic carbocycles. The van der Waals surface area contributed by atoms with E-state index in [1.54, 1.807) is 53.3 Å². The van der Waals surface area contributed by atoms with Crippen molar-refractivity contribution in [3.05, 3.63) is 88.8 Å². The molecular weight excluding hydrogens is 453 g/mol. The Balaban J connectivity index is 1.35. The number of nitrogens with one attached hydrogen (secondary N) is 1. The predicted molar refractivity (Wildman–Crippen MR) is 126 cm³/mol. The number of benzene rings is 2. The predicted octanol–water partition coefficient (Wildman–Crippen LogP) is 7.53. The van der Waals surface area contributed by atoms with E-state index in [9.17, 15) is 4.39 Å². The number of nitrogens with zero attached hydrogens (tertiary/aromatic N) is 2. The zero-order valence-corrected chi connectivity index (χ0v) is 18.4. The number of thiophene rings is 2. The topological polar surface area (TPSA) is 47.0 Å². The molecule has 154 valence electrons. The van der Waals surface area contributed by atoms with Crippen LogP contribution in [0, 0.1) is 5.82 Å². The van der Waals surface area contributed by atoms with E-state index in [0.717, 1.165) is 32.2 Å². The van der Waals surface area contributed by atoms with Gasteiger partial charge < -0.3 is 10.1 Å². The van der Waals surface area contributed by atoms with Gasteiger partial charge >= 0.3 is 0 Å². The first-order valence-electron chi connectivity index (χ1n) is 9.38. The Bertz CT molecular complexity index is 1350. The van der Waals surface area contributed by atoms with Crippen LogP contribution in [-0.4, -0.2) is 9.97 Å². The smallest absolute Gasteiger partial charge is 0.151 e. The van der Waals surface area contributed by atoms with Crippen LogP contribution in [0.4, 0.5) is 15.9 Å². The molecule has 0 spiro atoms. The van der Waals surface area contributed by atoms with Gasteiger partial charge in [0.2, 0.25) is 0 Å². The largest absolute Gasteiger partial charge is 0.487 e. The van der Waals surface area contributed by atoms with E-state index >= 15 is 0 Å². The molecular formula is C23H15ClFN3OS2.